The van der Waals surface area contributed by atoms with Gasteiger partial charge in [-0.05, 0) is 18.3 Å². The second-order valence-electron chi connectivity index (χ2n) is 5.31. The van der Waals surface area contributed by atoms with Crippen molar-refractivity contribution in [3.8, 4) is 0 Å². The molecule has 1 fully saturated rings. The molecule has 0 aromatic carbocycles. The molecule has 1 aliphatic carbocycles. The van der Waals surface area contributed by atoms with Crippen LogP contribution in [0.2, 0.25) is 0 Å². The fourth-order valence-electron chi connectivity index (χ4n) is 2.27. The van der Waals surface area contributed by atoms with Crippen LogP contribution in [0.3, 0.4) is 0 Å². The minimum Gasteiger partial charge on any atom is -0.369 e. The van der Waals surface area contributed by atoms with Crippen molar-refractivity contribution in [1.29, 1.82) is 0 Å². The third kappa shape index (κ3) is 4.20. The topological polar surface area (TPSA) is 55.1 Å². The number of nitrogens with two attached hydrogens (primary N) is 1. The van der Waals surface area contributed by atoms with Gasteiger partial charge >= 0.3 is 0 Å². The van der Waals surface area contributed by atoms with E-state index in [0.717, 1.165) is 6.54 Å². The van der Waals surface area contributed by atoms with Gasteiger partial charge in [-0.15, -0.1) is 0 Å². The third-order valence-corrected chi connectivity index (χ3v) is 3.55. The Labute approximate surface area is 92.8 Å². The van der Waals surface area contributed by atoms with E-state index in [-0.39, 0.29) is 11.8 Å². The summed E-state index contributed by atoms with van der Waals surface area (Å²) in [6, 6.07) is 0. The van der Waals surface area contributed by atoms with Crippen molar-refractivity contribution in [3.63, 3.8) is 0 Å². The first kappa shape index (κ1) is 12.5. The van der Waals surface area contributed by atoms with Gasteiger partial charge in [-0.25, -0.2) is 0 Å². The highest BCUT2D eigenvalue weighted by Gasteiger charge is 2.26. The summed E-state index contributed by atoms with van der Waals surface area (Å²) in [7, 11) is 0. The van der Waals surface area contributed by atoms with Crippen LogP contribution in [-0.2, 0) is 4.79 Å². The molecule has 1 unspecified atom stereocenters. The number of carbonyl (C=O) groups is 1. The second-order valence-corrected chi connectivity index (χ2v) is 5.31. The number of primary amides is 1. The quantitative estimate of drug-likeness (QED) is 0.728. The van der Waals surface area contributed by atoms with Crippen LogP contribution >= 0.6 is 0 Å². The minimum absolute atomic E-state index is 0.0582. The Balaban J connectivity index is 2.21. The summed E-state index contributed by atoms with van der Waals surface area (Å²) >= 11 is 0. The van der Waals surface area contributed by atoms with Gasteiger partial charge in [0.2, 0.25) is 5.91 Å². The Morgan fingerprint density at radius 1 is 1.40 bits per heavy atom. The van der Waals surface area contributed by atoms with Gasteiger partial charge in [0.1, 0.15) is 0 Å². The van der Waals surface area contributed by atoms with Crippen molar-refractivity contribution < 1.29 is 4.79 Å². The van der Waals surface area contributed by atoms with E-state index < -0.39 is 0 Å². The molecule has 15 heavy (non-hydrogen) atoms. The van der Waals surface area contributed by atoms with E-state index in [1.54, 1.807) is 0 Å². The molecule has 88 valence electrons. The monoisotopic (exact) mass is 212 g/mol. The summed E-state index contributed by atoms with van der Waals surface area (Å²) in [6.45, 7) is 5.95. The Morgan fingerprint density at radius 2 is 2.00 bits per heavy atom. The highest BCUT2D eigenvalue weighted by Crippen LogP contribution is 2.34. The molecule has 3 nitrogen and oxygen atoms in total. The van der Waals surface area contributed by atoms with Crippen molar-refractivity contribution in [2.24, 2.45) is 17.1 Å². The fourth-order valence-corrected chi connectivity index (χ4v) is 2.27. The molecule has 0 spiro atoms. The van der Waals surface area contributed by atoms with Crippen LogP contribution in [0.5, 0.6) is 0 Å². The maximum absolute atomic E-state index is 10.8. The van der Waals surface area contributed by atoms with Gasteiger partial charge < -0.3 is 11.1 Å². The molecule has 3 heteroatoms. The Bertz CT molecular complexity index is 210. The number of carbonyl (C=O) groups excluding carboxylic acids is 1. The predicted molar refractivity (Wildman–Crippen MR) is 62.4 cm³/mol. The Hall–Kier alpha value is -0.570. The lowest BCUT2D eigenvalue weighted by atomic mass is 9.76. The minimum atomic E-state index is -0.212. The van der Waals surface area contributed by atoms with Crippen molar-refractivity contribution in [3.05, 3.63) is 0 Å². The molecule has 0 heterocycles. The lowest BCUT2D eigenvalue weighted by Gasteiger charge is -2.34. The summed E-state index contributed by atoms with van der Waals surface area (Å²) in [4.78, 5) is 10.8. The maximum Gasteiger partial charge on any atom is 0.221 e. The smallest absolute Gasteiger partial charge is 0.221 e. The van der Waals surface area contributed by atoms with Gasteiger partial charge in [0.05, 0.1) is 0 Å². The van der Waals surface area contributed by atoms with Gasteiger partial charge in [-0.2, -0.15) is 0 Å². The molecule has 0 aromatic rings. The number of hydrogen-bond donors (Lipinski definition) is 2. The van der Waals surface area contributed by atoms with E-state index in [1.807, 2.05) is 6.92 Å². The Kier molecular flexibility index (Phi) is 4.58. The molecular formula is C12H24N2O. The van der Waals surface area contributed by atoms with Crippen LogP contribution in [-0.4, -0.2) is 19.0 Å². The molecule has 0 radical (unpaired) electrons. The first-order valence-electron chi connectivity index (χ1n) is 6.03. The van der Waals surface area contributed by atoms with Gasteiger partial charge in [0.25, 0.3) is 0 Å². The standard InChI is InChI=1S/C12H24N2O/c1-10(11(13)15)8-14-9-12(2)6-4-3-5-7-12/h10,14H,3-9H2,1-2H3,(H2,13,15). The average molecular weight is 212 g/mol. The zero-order valence-corrected chi connectivity index (χ0v) is 10.0. The normalized spacial score (nSPS) is 22.3. The highest BCUT2D eigenvalue weighted by molar-refractivity contribution is 5.76. The third-order valence-electron chi connectivity index (χ3n) is 3.55. The van der Waals surface area contributed by atoms with E-state index in [4.69, 9.17) is 5.73 Å². The van der Waals surface area contributed by atoms with Crippen LogP contribution in [0.25, 0.3) is 0 Å². The number of amides is 1. The van der Waals surface area contributed by atoms with Crippen LogP contribution < -0.4 is 11.1 Å². The predicted octanol–water partition coefficient (Wildman–Crippen LogP) is 1.67. The second kappa shape index (κ2) is 5.50. The molecule has 1 aliphatic rings. The molecule has 1 rings (SSSR count). The summed E-state index contributed by atoms with van der Waals surface area (Å²) < 4.78 is 0. The van der Waals surface area contributed by atoms with Crippen molar-refractivity contribution in [1.82, 2.24) is 5.32 Å². The van der Waals surface area contributed by atoms with Crippen molar-refractivity contribution >= 4 is 5.91 Å². The van der Waals surface area contributed by atoms with Crippen LogP contribution in [0.4, 0.5) is 0 Å². The summed E-state index contributed by atoms with van der Waals surface area (Å²) in [5, 5.41) is 3.38. The molecule has 1 amide bonds. The molecular weight excluding hydrogens is 188 g/mol. The molecule has 0 saturated heterocycles. The summed E-state index contributed by atoms with van der Waals surface area (Å²) in [5.41, 5.74) is 5.65. The summed E-state index contributed by atoms with van der Waals surface area (Å²) in [5.74, 6) is -0.270. The molecule has 3 N–H and O–H groups in total. The molecule has 1 atom stereocenters. The van der Waals surface area contributed by atoms with Gasteiger partial charge in [0, 0.05) is 19.0 Å². The van der Waals surface area contributed by atoms with Crippen LogP contribution in [0, 0.1) is 11.3 Å². The zero-order valence-electron chi connectivity index (χ0n) is 10.0. The van der Waals surface area contributed by atoms with Crippen molar-refractivity contribution in [2.45, 2.75) is 46.0 Å². The first-order valence-corrected chi connectivity index (χ1v) is 6.03. The van der Waals surface area contributed by atoms with Gasteiger partial charge in [-0.1, -0.05) is 33.1 Å². The molecule has 1 saturated carbocycles. The Morgan fingerprint density at radius 3 is 2.53 bits per heavy atom. The fraction of sp³-hybridized carbons (Fsp3) is 0.917. The van der Waals surface area contributed by atoms with E-state index in [0.29, 0.717) is 12.0 Å². The van der Waals surface area contributed by atoms with E-state index >= 15 is 0 Å². The number of rotatable bonds is 5. The van der Waals surface area contributed by atoms with Gasteiger partial charge in [0.15, 0.2) is 0 Å². The van der Waals surface area contributed by atoms with Gasteiger partial charge in [-0.3, -0.25) is 4.79 Å². The SMILES string of the molecule is CC(CNCC1(C)CCCCC1)C(N)=O. The molecule has 0 bridgehead atoms. The summed E-state index contributed by atoms with van der Waals surface area (Å²) in [6.07, 6.45) is 6.70. The largest absolute Gasteiger partial charge is 0.369 e. The zero-order chi connectivity index (χ0) is 11.3. The van der Waals surface area contributed by atoms with E-state index in [2.05, 4.69) is 12.2 Å². The lowest BCUT2D eigenvalue weighted by Crippen LogP contribution is -2.38. The number of nitrogens with one attached hydrogen (secondary N) is 1. The highest BCUT2D eigenvalue weighted by atomic mass is 16.1. The lowest BCUT2D eigenvalue weighted by molar-refractivity contribution is -0.121. The first-order chi connectivity index (χ1) is 7.03. The van der Waals surface area contributed by atoms with E-state index in [1.165, 1.54) is 32.1 Å². The molecule has 0 aromatic heterocycles. The number of hydrogen-bond acceptors (Lipinski definition) is 2. The van der Waals surface area contributed by atoms with Crippen LogP contribution in [0.1, 0.15) is 46.0 Å². The average Bonchev–Trinajstić information content (AvgIpc) is 2.18. The van der Waals surface area contributed by atoms with E-state index in [9.17, 15) is 4.79 Å². The van der Waals surface area contributed by atoms with Crippen LogP contribution in [0.15, 0.2) is 0 Å². The molecule has 0 aliphatic heterocycles. The maximum atomic E-state index is 10.8. The van der Waals surface area contributed by atoms with Crippen molar-refractivity contribution in [2.75, 3.05) is 13.1 Å².